The highest BCUT2D eigenvalue weighted by atomic mass is 35.5. The lowest BCUT2D eigenvalue weighted by atomic mass is 10.2. The van der Waals surface area contributed by atoms with Crippen LogP contribution >= 0.6 is 23.4 Å². The molecule has 14 heavy (non-hydrogen) atoms. The summed E-state index contributed by atoms with van der Waals surface area (Å²) in [6, 6.07) is 7.79. The number of benzene rings is 1. The van der Waals surface area contributed by atoms with Crippen molar-refractivity contribution in [2.24, 2.45) is 0 Å². The van der Waals surface area contributed by atoms with Gasteiger partial charge in [0.15, 0.2) is 0 Å². The molecule has 0 saturated heterocycles. The lowest BCUT2D eigenvalue weighted by molar-refractivity contribution is 0.167. The van der Waals surface area contributed by atoms with Gasteiger partial charge in [-0.1, -0.05) is 30.7 Å². The van der Waals surface area contributed by atoms with Crippen molar-refractivity contribution < 1.29 is 5.11 Å². The Morgan fingerprint density at radius 3 is 2.79 bits per heavy atom. The topological polar surface area (TPSA) is 20.2 Å². The van der Waals surface area contributed by atoms with E-state index >= 15 is 0 Å². The van der Waals surface area contributed by atoms with Gasteiger partial charge >= 0.3 is 0 Å². The molecule has 0 amide bonds. The smallest absolute Gasteiger partial charge is 0.0545 e. The van der Waals surface area contributed by atoms with E-state index in [9.17, 15) is 5.11 Å². The SMILES string of the molecule is CC[C@@H](O)CCSc1ccccc1Cl. The van der Waals surface area contributed by atoms with Gasteiger partial charge in [0.1, 0.15) is 0 Å². The Balaban J connectivity index is 2.35. The molecular formula is C11H15ClOS. The Kier molecular flexibility index (Phi) is 5.38. The lowest BCUT2D eigenvalue weighted by Gasteiger charge is -2.07. The monoisotopic (exact) mass is 230 g/mol. The average molecular weight is 231 g/mol. The first-order chi connectivity index (χ1) is 6.74. The summed E-state index contributed by atoms with van der Waals surface area (Å²) >= 11 is 7.69. The Morgan fingerprint density at radius 2 is 2.14 bits per heavy atom. The fraction of sp³-hybridized carbons (Fsp3) is 0.455. The zero-order valence-corrected chi connectivity index (χ0v) is 9.81. The third-order valence-electron chi connectivity index (χ3n) is 2.02. The zero-order chi connectivity index (χ0) is 10.4. The molecule has 0 aliphatic rings. The van der Waals surface area contributed by atoms with E-state index in [4.69, 9.17) is 11.6 Å². The highest BCUT2D eigenvalue weighted by molar-refractivity contribution is 7.99. The summed E-state index contributed by atoms with van der Waals surface area (Å²) in [5.41, 5.74) is 0. The van der Waals surface area contributed by atoms with E-state index in [0.717, 1.165) is 28.5 Å². The second-order valence-corrected chi connectivity index (χ2v) is 4.67. The van der Waals surface area contributed by atoms with Crippen LogP contribution < -0.4 is 0 Å². The van der Waals surface area contributed by atoms with Crippen molar-refractivity contribution in [2.45, 2.75) is 30.8 Å². The van der Waals surface area contributed by atoms with Gasteiger partial charge in [0.05, 0.1) is 11.1 Å². The number of aliphatic hydroxyl groups is 1. The van der Waals surface area contributed by atoms with Crippen molar-refractivity contribution in [2.75, 3.05) is 5.75 Å². The van der Waals surface area contributed by atoms with E-state index < -0.39 is 0 Å². The molecular weight excluding hydrogens is 216 g/mol. The highest BCUT2D eigenvalue weighted by Gasteiger charge is 2.03. The number of thioether (sulfide) groups is 1. The van der Waals surface area contributed by atoms with Crippen LogP contribution in [0.5, 0.6) is 0 Å². The number of aliphatic hydroxyl groups excluding tert-OH is 1. The van der Waals surface area contributed by atoms with E-state index in [0.29, 0.717) is 0 Å². The van der Waals surface area contributed by atoms with Gasteiger partial charge in [0.2, 0.25) is 0 Å². The van der Waals surface area contributed by atoms with Crippen LogP contribution in [0, 0.1) is 0 Å². The molecule has 1 rings (SSSR count). The van der Waals surface area contributed by atoms with Crippen molar-refractivity contribution in [3.8, 4) is 0 Å². The average Bonchev–Trinajstić information content (AvgIpc) is 2.20. The van der Waals surface area contributed by atoms with Crippen molar-refractivity contribution in [1.29, 1.82) is 0 Å². The summed E-state index contributed by atoms with van der Waals surface area (Å²) in [6.07, 6.45) is 1.47. The second kappa shape index (κ2) is 6.33. The van der Waals surface area contributed by atoms with Gasteiger partial charge in [-0.25, -0.2) is 0 Å². The number of hydrogen-bond acceptors (Lipinski definition) is 2. The van der Waals surface area contributed by atoms with E-state index in [-0.39, 0.29) is 6.10 Å². The first-order valence-electron chi connectivity index (χ1n) is 4.79. The molecule has 0 heterocycles. The van der Waals surface area contributed by atoms with Gasteiger partial charge in [-0.3, -0.25) is 0 Å². The highest BCUT2D eigenvalue weighted by Crippen LogP contribution is 2.27. The maximum atomic E-state index is 9.36. The number of halogens is 1. The molecule has 3 heteroatoms. The number of rotatable bonds is 5. The molecule has 1 aromatic carbocycles. The van der Waals surface area contributed by atoms with Crippen LogP contribution in [0.25, 0.3) is 0 Å². The molecule has 1 aromatic rings. The van der Waals surface area contributed by atoms with Gasteiger partial charge in [0, 0.05) is 10.6 Å². The molecule has 0 unspecified atom stereocenters. The summed E-state index contributed by atoms with van der Waals surface area (Å²) in [7, 11) is 0. The standard InChI is InChI=1S/C11H15ClOS/c1-2-9(13)7-8-14-11-6-4-3-5-10(11)12/h3-6,9,13H,2,7-8H2,1H3/t9-/m1/s1. The fourth-order valence-electron chi connectivity index (χ4n) is 1.07. The second-order valence-electron chi connectivity index (χ2n) is 3.13. The van der Waals surface area contributed by atoms with Crippen molar-refractivity contribution in [3.05, 3.63) is 29.3 Å². The van der Waals surface area contributed by atoms with Crippen LogP contribution in [-0.2, 0) is 0 Å². The molecule has 0 spiro atoms. The molecule has 0 fully saturated rings. The van der Waals surface area contributed by atoms with Crippen LogP contribution in [0.3, 0.4) is 0 Å². The Bertz CT molecular complexity index is 278. The van der Waals surface area contributed by atoms with Crippen LogP contribution in [0.4, 0.5) is 0 Å². The fourth-order valence-corrected chi connectivity index (χ4v) is 2.36. The Hall–Kier alpha value is -0.180. The molecule has 0 radical (unpaired) electrons. The van der Waals surface area contributed by atoms with Crippen LogP contribution in [0.1, 0.15) is 19.8 Å². The summed E-state index contributed by atoms with van der Waals surface area (Å²) in [5.74, 6) is 0.915. The van der Waals surface area contributed by atoms with Gasteiger partial charge < -0.3 is 5.11 Å². The molecule has 0 bridgehead atoms. The van der Waals surface area contributed by atoms with E-state index in [1.165, 1.54) is 0 Å². The molecule has 0 aliphatic heterocycles. The minimum atomic E-state index is -0.176. The molecule has 1 nitrogen and oxygen atoms in total. The largest absolute Gasteiger partial charge is 0.393 e. The number of hydrogen-bond donors (Lipinski definition) is 1. The summed E-state index contributed by atoms with van der Waals surface area (Å²) in [6.45, 7) is 1.99. The molecule has 0 aromatic heterocycles. The summed E-state index contributed by atoms with van der Waals surface area (Å²) in [4.78, 5) is 1.09. The third-order valence-corrected chi connectivity index (χ3v) is 3.57. The van der Waals surface area contributed by atoms with Crippen LogP contribution in [-0.4, -0.2) is 17.0 Å². The van der Waals surface area contributed by atoms with E-state index in [1.54, 1.807) is 11.8 Å². The maximum absolute atomic E-state index is 9.36. The molecule has 78 valence electrons. The quantitative estimate of drug-likeness (QED) is 0.781. The van der Waals surface area contributed by atoms with Gasteiger partial charge in [-0.2, -0.15) is 0 Å². The van der Waals surface area contributed by atoms with Gasteiger partial charge in [-0.15, -0.1) is 11.8 Å². The first kappa shape index (κ1) is 11.9. The van der Waals surface area contributed by atoms with E-state index in [1.807, 2.05) is 31.2 Å². The van der Waals surface area contributed by atoms with Crippen LogP contribution in [0.15, 0.2) is 29.2 Å². The predicted molar refractivity (Wildman–Crippen MR) is 63.1 cm³/mol. The Labute approximate surface area is 94.5 Å². The molecule has 0 saturated carbocycles. The predicted octanol–water partition coefficient (Wildman–Crippen LogP) is 3.59. The maximum Gasteiger partial charge on any atom is 0.0545 e. The molecule has 1 atom stereocenters. The summed E-state index contributed by atoms with van der Waals surface area (Å²) in [5, 5.41) is 10.2. The van der Waals surface area contributed by atoms with Gasteiger partial charge in [0.25, 0.3) is 0 Å². The summed E-state index contributed by atoms with van der Waals surface area (Å²) < 4.78 is 0. The lowest BCUT2D eigenvalue weighted by Crippen LogP contribution is -2.04. The van der Waals surface area contributed by atoms with Crippen molar-refractivity contribution in [1.82, 2.24) is 0 Å². The molecule has 0 aliphatic carbocycles. The van der Waals surface area contributed by atoms with Crippen molar-refractivity contribution in [3.63, 3.8) is 0 Å². The van der Waals surface area contributed by atoms with E-state index in [2.05, 4.69) is 0 Å². The Morgan fingerprint density at radius 1 is 1.43 bits per heavy atom. The van der Waals surface area contributed by atoms with Crippen LogP contribution in [0.2, 0.25) is 5.02 Å². The van der Waals surface area contributed by atoms with Crippen molar-refractivity contribution >= 4 is 23.4 Å². The first-order valence-corrected chi connectivity index (χ1v) is 6.15. The van der Waals surface area contributed by atoms with Gasteiger partial charge in [-0.05, 0) is 25.0 Å². The zero-order valence-electron chi connectivity index (χ0n) is 8.24. The normalized spacial score (nSPS) is 12.8. The third kappa shape index (κ3) is 3.91. The minimum Gasteiger partial charge on any atom is -0.393 e. The minimum absolute atomic E-state index is 0.176. The molecule has 1 N–H and O–H groups in total.